The second kappa shape index (κ2) is 11.2. The first kappa shape index (κ1) is 23.3. The molecule has 3 amide bonds. The number of carbonyl (C=O) groups is 5. The molecular formula is C15H24N4O9. The van der Waals surface area contributed by atoms with Crippen LogP contribution < -0.4 is 21.3 Å². The second-order valence-corrected chi connectivity index (χ2v) is 6.13. The van der Waals surface area contributed by atoms with Gasteiger partial charge in [0.2, 0.25) is 17.7 Å². The molecule has 0 aliphatic carbocycles. The van der Waals surface area contributed by atoms with E-state index in [4.69, 9.17) is 15.3 Å². The van der Waals surface area contributed by atoms with Gasteiger partial charge in [-0.2, -0.15) is 0 Å². The lowest BCUT2D eigenvalue weighted by molar-refractivity contribution is -0.144. The van der Waals surface area contributed by atoms with Crippen LogP contribution in [-0.4, -0.2) is 94.0 Å². The van der Waals surface area contributed by atoms with Gasteiger partial charge in [-0.05, 0) is 19.4 Å². The van der Waals surface area contributed by atoms with Crippen LogP contribution in [0.3, 0.4) is 0 Å². The third-order valence-electron chi connectivity index (χ3n) is 4.00. The fourth-order valence-electron chi connectivity index (χ4n) is 2.49. The first-order chi connectivity index (χ1) is 13.2. The van der Waals surface area contributed by atoms with Crippen LogP contribution in [-0.2, 0) is 24.0 Å². The number of hydrogen-bond donors (Lipinski definition) is 8. The summed E-state index contributed by atoms with van der Waals surface area (Å²) in [5.74, 6) is -5.72. The van der Waals surface area contributed by atoms with Crippen LogP contribution in [0.1, 0.15) is 19.3 Å². The molecule has 0 saturated carbocycles. The molecule has 28 heavy (non-hydrogen) atoms. The van der Waals surface area contributed by atoms with E-state index in [2.05, 4.69) is 16.0 Å². The molecule has 13 heteroatoms. The molecular weight excluding hydrogens is 380 g/mol. The number of carboxylic acid groups (broad SMARTS) is 2. The van der Waals surface area contributed by atoms with Crippen molar-refractivity contribution in [3.8, 4) is 0 Å². The number of carboxylic acids is 2. The van der Waals surface area contributed by atoms with Crippen molar-refractivity contribution in [3.05, 3.63) is 0 Å². The molecule has 1 fully saturated rings. The maximum absolute atomic E-state index is 12.3. The van der Waals surface area contributed by atoms with Gasteiger partial charge in [0.15, 0.2) is 0 Å². The Morgan fingerprint density at radius 2 is 1.46 bits per heavy atom. The summed E-state index contributed by atoms with van der Waals surface area (Å²) in [5.41, 5.74) is 0. The molecule has 0 bridgehead atoms. The molecule has 0 spiro atoms. The van der Waals surface area contributed by atoms with E-state index in [0.29, 0.717) is 13.0 Å². The lowest BCUT2D eigenvalue weighted by atomic mass is 10.1. The van der Waals surface area contributed by atoms with Gasteiger partial charge in [-0.15, -0.1) is 0 Å². The summed E-state index contributed by atoms with van der Waals surface area (Å²) in [6.45, 7) is -1.12. The summed E-state index contributed by atoms with van der Waals surface area (Å²) in [6, 6.07) is -5.34. The number of aliphatic hydroxyl groups excluding tert-OH is 2. The summed E-state index contributed by atoms with van der Waals surface area (Å²) >= 11 is 0. The van der Waals surface area contributed by atoms with Gasteiger partial charge >= 0.3 is 11.9 Å². The molecule has 158 valence electrons. The van der Waals surface area contributed by atoms with E-state index in [-0.39, 0.29) is 0 Å². The average Bonchev–Trinajstić information content (AvgIpc) is 3.17. The quantitative estimate of drug-likeness (QED) is 0.166. The molecule has 1 aliphatic rings. The Hall–Kier alpha value is -2.77. The van der Waals surface area contributed by atoms with Gasteiger partial charge in [0.05, 0.1) is 25.7 Å². The van der Waals surface area contributed by atoms with Crippen molar-refractivity contribution in [1.29, 1.82) is 0 Å². The van der Waals surface area contributed by atoms with Gasteiger partial charge in [0, 0.05) is 0 Å². The van der Waals surface area contributed by atoms with Crippen LogP contribution in [0.5, 0.6) is 0 Å². The fourth-order valence-corrected chi connectivity index (χ4v) is 2.49. The molecule has 0 aromatic carbocycles. The summed E-state index contributed by atoms with van der Waals surface area (Å²) in [7, 11) is 0. The molecule has 0 unspecified atom stereocenters. The predicted octanol–water partition coefficient (Wildman–Crippen LogP) is -4.26. The van der Waals surface area contributed by atoms with Crippen molar-refractivity contribution in [2.45, 2.75) is 43.4 Å². The molecule has 0 aromatic heterocycles. The van der Waals surface area contributed by atoms with E-state index < -0.39 is 73.5 Å². The molecule has 1 saturated heterocycles. The van der Waals surface area contributed by atoms with Crippen LogP contribution in [0.2, 0.25) is 0 Å². The normalized spacial score (nSPS) is 19.1. The van der Waals surface area contributed by atoms with Gasteiger partial charge in [-0.25, -0.2) is 4.79 Å². The Kier molecular flexibility index (Phi) is 9.27. The van der Waals surface area contributed by atoms with Crippen molar-refractivity contribution in [3.63, 3.8) is 0 Å². The Bertz CT molecular complexity index is 606. The number of amides is 3. The third-order valence-corrected chi connectivity index (χ3v) is 4.00. The first-order valence-corrected chi connectivity index (χ1v) is 8.50. The van der Waals surface area contributed by atoms with Crippen LogP contribution in [0, 0.1) is 0 Å². The number of aliphatic carboxylic acids is 2. The standard InChI is InChI=1S/C15H24N4O9/c20-5-9(18-12(24)7-2-1-3-16-7)14(26)17-8(4-11(22)23)13(25)19-10(6-21)15(27)28/h7-10,16,20-21H,1-6H2,(H,17,26)(H,18,24)(H,19,25)(H,22,23)(H,27,28)/t7-,8-,9-,10-/m0/s1. The van der Waals surface area contributed by atoms with E-state index in [1.807, 2.05) is 5.32 Å². The topological polar surface area (TPSA) is 214 Å². The van der Waals surface area contributed by atoms with Crippen molar-refractivity contribution in [2.75, 3.05) is 19.8 Å². The van der Waals surface area contributed by atoms with E-state index in [9.17, 15) is 29.1 Å². The smallest absolute Gasteiger partial charge is 0.328 e. The number of aliphatic hydroxyl groups is 2. The Morgan fingerprint density at radius 3 is 1.93 bits per heavy atom. The minimum absolute atomic E-state index is 0.527. The zero-order chi connectivity index (χ0) is 21.3. The third kappa shape index (κ3) is 7.09. The molecule has 0 aromatic rings. The summed E-state index contributed by atoms with van der Waals surface area (Å²) in [6.07, 6.45) is 0.434. The number of nitrogens with one attached hydrogen (secondary N) is 4. The van der Waals surface area contributed by atoms with Gasteiger partial charge in [-0.3, -0.25) is 19.2 Å². The highest BCUT2D eigenvalue weighted by Gasteiger charge is 2.32. The van der Waals surface area contributed by atoms with Crippen molar-refractivity contribution in [1.82, 2.24) is 21.3 Å². The zero-order valence-electron chi connectivity index (χ0n) is 14.9. The lowest BCUT2D eigenvalue weighted by Gasteiger charge is -2.23. The number of hydrogen-bond acceptors (Lipinski definition) is 8. The zero-order valence-corrected chi connectivity index (χ0v) is 14.9. The molecule has 1 heterocycles. The Labute approximate surface area is 159 Å². The summed E-state index contributed by atoms with van der Waals surface area (Å²) in [4.78, 5) is 58.2. The van der Waals surface area contributed by atoms with Crippen molar-refractivity contribution >= 4 is 29.7 Å². The number of carbonyl (C=O) groups excluding carboxylic acids is 3. The fraction of sp³-hybridized carbons (Fsp3) is 0.667. The van der Waals surface area contributed by atoms with Gasteiger partial charge in [0.1, 0.15) is 18.1 Å². The highest BCUT2D eigenvalue weighted by atomic mass is 16.4. The molecule has 4 atom stereocenters. The maximum Gasteiger partial charge on any atom is 0.328 e. The number of rotatable bonds is 11. The van der Waals surface area contributed by atoms with Crippen LogP contribution in [0.15, 0.2) is 0 Å². The minimum atomic E-state index is -1.69. The highest BCUT2D eigenvalue weighted by molar-refractivity contribution is 5.95. The van der Waals surface area contributed by atoms with E-state index in [1.54, 1.807) is 0 Å². The predicted molar refractivity (Wildman–Crippen MR) is 90.9 cm³/mol. The van der Waals surface area contributed by atoms with Gasteiger partial charge in [-0.1, -0.05) is 0 Å². The van der Waals surface area contributed by atoms with Crippen LogP contribution in [0.25, 0.3) is 0 Å². The largest absolute Gasteiger partial charge is 0.481 e. The van der Waals surface area contributed by atoms with Crippen molar-refractivity contribution < 1.29 is 44.4 Å². The van der Waals surface area contributed by atoms with Crippen molar-refractivity contribution in [2.24, 2.45) is 0 Å². The molecule has 1 aliphatic heterocycles. The lowest BCUT2D eigenvalue weighted by Crippen LogP contribution is -2.58. The van der Waals surface area contributed by atoms with Crippen LogP contribution >= 0.6 is 0 Å². The second-order valence-electron chi connectivity index (χ2n) is 6.13. The first-order valence-electron chi connectivity index (χ1n) is 8.50. The average molecular weight is 404 g/mol. The van der Waals surface area contributed by atoms with Gasteiger partial charge in [0.25, 0.3) is 0 Å². The molecule has 1 rings (SSSR count). The van der Waals surface area contributed by atoms with E-state index in [1.165, 1.54) is 0 Å². The van der Waals surface area contributed by atoms with E-state index >= 15 is 0 Å². The van der Waals surface area contributed by atoms with Gasteiger partial charge < -0.3 is 41.7 Å². The Balaban J connectivity index is 2.77. The minimum Gasteiger partial charge on any atom is -0.481 e. The molecule has 0 radical (unpaired) electrons. The summed E-state index contributed by atoms with van der Waals surface area (Å²) in [5, 5.41) is 45.2. The monoisotopic (exact) mass is 404 g/mol. The van der Waals surface area contributed by atoms with E-state index in [0.717, 1.165) is 6.42 Å². The molecule has 13 nitrogen and oxygen atoms in total. The summed E-state index contributed by atoms with van der Waals surface area (Å²) < 4.78 is 0. The molecule has 8 N–H and O–H groups in total. The SMILES string of the molecule is O=C(O)C[C@H](NC(=O)[C@H](CO)NC(=O)[C@@H]1CCCN1)C(=O)N[C@@H](CO)C(=O)O. The maximum atomic E-state index is 12.3. The highest BCUT2D eigenvalue weighted by Crippen LogP contribution is 2.05. The van der Waals surface area contributed by atoms with Crippen LogP contribution in [0.4, 0.5) is 0 Å². The Morgan fingerprint density at radius 1 is 0.893 bits per heavy atom.